The third-order valence-corrected chi connectivity index (χ3v) is 5.39. The van der Waals surface area contributed by atoms with Gasteiger partial charge in [-0.25, -0.2) is 4.98 Å². The monoisotopic (exact) mass is 363 g/mol. The van der Waals surface area contributed by atoms with Crippen LogP contribution in [-0.4, -0.2) is 61.5 Å². The molecule has 25 heavy (non-hydrogen) atoms. The highest BCUT2D eigenvalue weighted by Gasteiger charge is 2.28. The van der Waals surface area contributed by atoms with Gasteiger partial charge in [0.05, 0.1) is 14.2 Å². The SMILES string of the molecule is COc1cc(CN2CCN(c3nccs3)C[C@H]2CCO)cc(OC)c1. The Morgan fingerprint density at radius 1 is 1.20 bits per heavy atom. The zero-order chi connectivity index (χ0) is 17.6. The molecule has 0 bridgehead atoms. The molecule has 2 aromatic rings. The summed E-state index contributed by atoms with van der Waals surface area (Å²) >= 11 is 1.67. The molecule has 1 aliphatic rings. The molecule has 136 valence electrons. The molecule has 1 N–H and O–H groups in total. The van der Waals surface area contributed by atoms with Gasteiger partial charge in [-0.1, -0.05) is 0 Å². The van der Waals surface area contributed by atoms with Crippen molar-refractivity contribution in [2.45, 2.75) is 19.0 Å². The summed E-state index contributed by atoms with van der Waals surface area (Å²) in [5.74, 6) is 1.60. The first-order valence-corrected chi connectivity index (χ1v) is 9.32. The summed E-state index contributed by atoms with van der Waals surface area (Å²) in [6.45, 7) is 3.76. The number of piperazine rings is 1. The number of aliphatic hydroxyl groups is 1. The van der Waals surface area contributed by atoms with Gasteiger partial charge in [0.15, 0.2) is 5.13 Å². The number of hydrogen-bond donors (Lipinski definition) is 1. The lowest BCUT2D eigenvalue weighted by Gasteiger charge is -2.41. The second-order valence-electron chi connectivity index (χ2n) is 6.12. The van der Waals surface area contributed by atoms with Crippen molar-refractivity contribution in [3.63, 3.8) is 0 Å². The summed E-state index contributed by atoms with van der Waals surface area (Å²) < 4.78 is 10.7. The molecule has 0 spiro atoms. The maximum Gasteiger partial charge on any atom is 0.185 e. The van der Waals surface area contributed by atoms with Crippen LogP contribution in [0.15, 0.2) is 29.8 Å². The number of methoxy groups -OCH3 is 2. The van der Waals surface area contributed by atoms with Crippen LogP contribution in [0, 0.1) is 0 Å². The highest BCUT2D eigenvalue weighted by atomic mass is 32.1. The smallest absolute Gasteiger partial charge is 0.185 e. The van der Waals surface area contributed by atoms with Gasteiger partial charge in [-0.3, -0.25) is 4.90 Å². The molecule has 1 aromatic carbocycles. The lowest BCUT2D eigenvalue weighted by atomic mass is 10.1. The average Bonchev–Trinajstić information content (AvgIpc) is 3.17. The van der Waals surface area contributed by atoms with E-state index >= 15 is 0 Å². The molecule has 6 nitrogen and oxygen atoms in total. The zero-order valence-corrected chi connectivity index (χ0v) is 15.5. The van der Waals surface area contributed by atoms with E-state index in [-0.39, 0.29) is 6.61 Å². The molecule has 0 amide bonds. The van der Waals surface area contributed by atoms with Crippen LogP contribution in [0.2, 0.25) is 0 Å². The van der Waals surface area contributed by atoms with E-state index in [1.54, 1.807) is 25.6 Å². The Labute approximate surface area is 152 Å². The first kappa shape index (κ1) is 18.0. The van der Waals surface area contributed by atoms with Gasteiger partial charge in [-0.05, 0) is 24.1 Å². The predicted molar refractivity (Wildman–Crippen MR) is 99.8 cm³/mol. The Morgan fingerprint density at radius 2 is 1.96 bits per heavy atom. The standard InChI is InChI=1S/C18H25N3O3S/c1-23-16-9-14(10-17(11-16)24-2)12-20-5-6-21(13-15(20)3-7-22)18-19-4-8-25-18/h4,8-11,15,22H,3,5-7,12-13H2,1-2H3/t15-/m1/s1. The highest BCUT2D eigenvalue weighted by Crippen LogP contribution is 2.27. The van der Waals surface area contributed by atoms with E-state index in [1.165, 1.54) is 0 Å². The molecule has 1 saturated heterocycles. The molecule has 1 fully saturated rings. The first-order chi connectivity index (χ1) is 12.2. The van der Waals surface area contributed by atoms with Gasteiger partial charge >= 0.3 is 0 Å². The minimum atomic E-state index is 0.189. The van der Waals surface area contributed by atoms with Gasteiger partial charge in [0.1, 0.15) is 11.5 Å². The number of thiazole rings is 1. The minimum absolute atomic E-state index is 0.189. The van der Waals surface area contributed by atoms with Crippen molar-refractivity contribution >= 4 is 16.5 Å². The van der Waals surface area contributed by atoms with Gasteiger partial charge in [-0.2, -0.15) is 0 Å². The van der Waals surface area contributed by atoms with Crippen LogP contribution < -0.4 is 14.4 Å². The van der Waals surface area contributed by atoms with Crippen LogP contribution in [-0.2, 0) is 6.54 Å². The molecule has 3 rings (SSSR count). The Hall–Kier alpha value is -1.83. The minimum Gasteiger partial charge on any atom is -0.497 e. The van der Waals surface area contributed by atoms with Crippen LogP contribution >= 0.6 is 11.3 Å². The summed E-state index contributed by atoms with van der Waals surface area (Å²) in [4.78, 5) is 9.16. The number of anilines is 1. The molecule has 1 atom stereocenters. The van der Waals surface area contributed by atoms with Crippen molar-refractivity contribution in [3.05, 3.63) is 35.3 Å². The third-order valence-electron chi connectivity index (χ3n) is 4.55. The number of hydrogen-bond acceptors (Lipinski definition) is 7. The number of ether oxygens (including phenoxy) is 2. The average molecular weight is 363 g/mol. The van der Waals surface area contributed by atoms with Crippen molar-refractivity contribution in [2.24, 2.45) is 0 Å². The van der Waals surface area contributed by atoms with Gasteiger partial charge in [0, 0.05) is 56.5 Å². The first-order valence-electron chi connectivity index (χ1n) is 8.44. The van der Waals surface area contributed by atoms with Crippen molar-refractivity contribution < 1.29 is 14.6 Å². The molecular weight excluding hydrogens is 338 g/mol. The van der Waals surface area contributed by atoms with Crippen LogP contribution in [0.5, 0.6) is 11.5 Å². The molecule has 0 saturated carbocycles. The largest absolute Gasteiger partial charge is 0.497 e. The van der Waals surface area contributed by atoms with E-state index in [2.05, 4.69) is 14.8 Å². The topological polar surface area (TPSA) is 58.1 Å². The predicted octanol–water partition coefficient (Wildman–Crippen LogP) is 2.23. The fourth-order valence-corrected chi connectivity index (χ4v) is 3.94. The van der Waals surface area contributed by atoms with Crippen LogP contribution in [0.4, 0.5) is 5.13 Å². The van der Waals surface area contributed by atoms with Gasteiger partial charge in [0.25, 0.3) is 0 Å². The van der Waals surface area contributed by atoms with Crippen LogP contribution in [0.1, 0.15) is 12.0 Å². The van der Waals surface area contributed by atoms with Gasteiger partial charge in [0.2, 0.25) is 0 Å². The maximum absolute atomic E-state index is 9.49. The fraction of sp³-hybridized carbons (Fsp3) is 0.500. The number of rotatable bonds is 7. The number of benzene rings is 1. The fourth-order valence-electron chi connectivity index (χ4n) is 3.26. The van der Waals surface area contributed by atoms with Crippen molar-refractivity contribution in [2.75, 3.05) is 45.4 Å². The molecule has 2 heterocycles. The Kier molecular flexibility index (Phi) is 6.12. The highest BCUT2D eigenvalue weighted by molar-refractivity contribution is 7.13. The lowest BCUT2D eigenvalue weighted by molar-refractivity contribution is 0.135. The Balaban J connectivity index is 1.73. The van der Waals surface area contributed by atoms with E-state index in [1.807, 2.05) is 29.8 Å². The number of aliphatic hydroxyl groups excluding tert-OH is 1. The molecule has 0 aliphatic carbocycles. The molecule has 1 aromatic heterocycles. The molecule has 0 radical (unpaired) electrons. The third kappa shape index (κ3) is 4.42. The van der Waals surface area contributed by atoms with Gasteiger partial charge in [-0.15, -0.1) is 11.3 Å². The van der Waals surface area contributed by atoms with E-state index in [4.69, 9.17) is 9.47 Å². The van der Waals surface area contributed by atoms with Crippen molar-refractivity contribution in [3.8, 4) is 11.5 Å². The van der Waals surface area contributed by atoms with Crippen LogP contribution in [0.3, 0.4) is 0 Å². The summed E-state index contributed by atoms with van der Waals surface area (Å²) in [6.07, 6.45) is 2.60. The Morgan fingerprint density at radius 3 is 2.56 bits per heavy atom. The molecule has 0 unspecified atom stereocenters. The summed E-state index contributed by atoms with van der Waals surface area (Å²) in [6, 6.07) is 6.27. The lowest BCUT2D eigenvalue weighted by Crippen LogP contribution is -2.53. The summed E-state index contributed by atoms with van der Waals surface area (Å²) in [5.41, 5.74) is 1.15. The molecule has 1 aliphatic heterocycles. The summed E-state index contributed by atoms with van der Waals surface area (Å²) in [7, 11) is 3.33. The second-order valence-corrected chi connectivity index (χ2v) is 6.99. The molecular formula is C18H25N3O3S. The Bertz CT molecular complexity index is 643. The van der Waals surface area contributed by atoms with Crippen LogP contribution in [0.25, 0.3) is 0 Å². The normalized spacial score (nSPS) is 18.4. The number of aromatic nitrogens is 1. The zero-order valence-electron chi connectivity index (χ0n) is 14.7. The molecule has 7 heteroatoms. The maximum atomic E-state index is 9.49. The van der Waals surface area contributed by atoms with E-state index < -0.39 is 0 Å². The quantitative estimate of drug-likeness (QED) is 0.814. The van der Waals surface area contributed by atoms with E-state index in [9.17, 15) is 5.11 Å². The van der Waals surface area contributed by atoms with Crippen molar-refractivity contribution in [1.29, 1.82) is 0 Å². The van der Waals surface area contributed by atoms with E-state index in [0.717, 1.165) is 54.8 Å². The van der Waals surface area contributed by atoms with E-state index in [0.29, 0.717) is 6.04 Å². The second kappa shape index (κ2) is 8.51. The van der Waals surface area contributed by atoms with Gasteiger partial charge < -0.3 is 19.5 Å². The number of nitrogens with zero attached hydrogens (tertiary/aromatic N) is 3. The van der Waals surface area contributed by atoms with Crippen molar-refractivity contribution in [1.82, 2.24) is 9.88 Å². The summed E-state index contributed by atoms with van der Waals surface area (Å²) in [5, 5.41) is 12.6.